The lowest BCUT2D eigenvalue weighted by Crippen LogP contribution is -2.16. The number of hydrogen-bond acceptors (Lipinski definition) is 2. The Labute approximate surface area is 79.9 Å². The molecule has 0 amide bonds. The van der Waals surface area contributed by atoms with Gasteiger partial charge in [-0.1, -0.05) is 20.8 Å². The second kappa shape index (κ2) is 3.92. The summed E-state index contributed by atoms with van der Waals surface area (Å²) in [5, 5.41) is 10.3. The van der Waals surface area contributed by atoms with Crippen molar-refractivity contribution in [2.75, 3.05) is 13.6 Å². The smallest absolute Gasteiger partial charge is 0.0527 e. The number of nitrogens with zero attached hydrogens (tertiary/aromatic N) is 1. The zero-order chi connectivity index (χ0) is 9.90. The first-order chi connectivity index (χ1) is 6.05. The third-order valence-corrected chi connectivity index (χ3v) is 2.15. The second-order valence-corrected chi connectivity index (χ2v) is 4.37. The Kier molecular flexibility index (Phi) is 3.09. The molecule has 0 radical (unpaired) electrons. The molecule has 0 saturated carbocycles. The van der Waals surface area contributed by atoms with Gasteiger partial charge in [0.25, 0.3) is 0 Å². The monoisotopic (exact) mass is 181 g/mol. The highest BCUT2D eigenvalue weighted by atomic mass is 15.1. The Hall–Kier alpha value is -0.830. The molecule has 1 heterocycles. The Balaban J connectivity index is 2.77. The number of H-pyrrole nitrogens is 1. The molecule has 0 aliphatic rings. The molecule has 0 aliphatic carbocycles. The van der Waals surface area contributed by atoms with Crippen LogP contribution in [0.4, 0.5) is 0 Å². The number of aromatic nitrogens is 2. The van der Waals surface area contributed by atoms with Crippen LogP contribution in [-0.4, -0.2) is 23.8 Å². The zero-order valence-electron chi connectivity index (χ0n) is 8.94. The van der Waals surface area contributed by atoms with Crippen molar-refractivity contribution in [3.63, 3.8) is 0 Å². The third kappa shape index (κ3) is 2.56. The number of rotatable bonds is 3. The summed E-state index contributed by atoms with van der Waals surface area (Å²) in [5.41, 5.74) is 2.76. The number of aromatic amines is 1. The van der Waals surface area contributed by atoms with Crippen molar-refractivity contribution in [3.8, 4) is 0 Å². The highest BCUT2D eigenvalue weighted by Gasteiger charge is 2.18. The summed E-state index contributed by atoms with van der Waals surface area (Å²) in [6, 6.07) is 0. The summed E-state index contributed by atoms with van der Waals surface area (Å²) in [5.74, 6) is 0. The molecule has 0 atom stereocenters. The average molecular weight is 181 g/mol. The average Bonchev–Trinajstić information content (AvgIpc) is 2.47. The van der Waals surface area contributed by atoms with Crippen molar-refractivity contribution in [3.05, 3.63) is 17.5 Å². The van der Waals surface area contributed by atoms with Crippen LogP contribution in [0, 0.1) is 0 Å². The van der Waals surface area contributed by atoms with E-state index < -0.39 is 0 Å². The van der Waals surface area contributed by atoms with Crippen molar-refractivity contribution < 1.29 is 0 Å². The molecule has 0 aromatic carbocycles. The number of likely N-dealkylation sites (N-methyl/N-ethyl adjacent to an activating group) is 1. The number of nitrogens with one attached hydrogen (secondary N) is 2. The standard InChI is InChI=1S/C10H19N3/c1-10(2,3)8-7-12-13-9(8)5-6-11-4/h7,11H,5-6H2,1-4H3,(H,12,13). The van der Waals surface area contributed by atoms with Gasteiger partial charge in [0.1, 0.15) is 0 Å². The van der Waals surface area contributed by atoms with Crippen LogP contribution in [0.25, 0.3) is 0 Å². The van der Waals surface area contributed by atoms with E-state index in [4.69, 9.17) is 0 Å². The maximum Gasteiger partial charge on any atom is 0.0527 e. The minimum atomic E-state index is 0.191. The molecule has 74 valence electrons. The molecule has 1 rings (SSSR count). The molecule has 2 N–H and O–H groups in total. The van der Waals surface area contributed by atoms with E-state index in [1.807, 2.05) is 13.2 Å². The van der Waals surface area contributed by atoms with Crippen molar-refractivity contribution in [1.82, 2.24) is 15.5 Å². The maximum atomic E-state index is 4.09. The summed E-state index contributed by atoms with van der Waals surface area (Å²) in [4.78, 5) is 0. The Bertz CT molecular complexity index is 257. The minimum Gasteiger partial charge on any atom is -0.319 e. The van der Waals surface area contributed by atoms with E-state index in [2.05, 4.69) is 36.3 Å². The largest absolute Gasteiger partial charge is 0.319 e. The lowest BCUT2D eigenvalue weighted by Gasteiger charge is -2.18. The summed E-state index contributed by atoms with van der Waals surface area (Å²) < 4.78 is 0. The first-order valence-corrected chi connectivity index (χ1v) is 4.73. The van der Waals surface area contributed by atoms with Crippen LogP contribution in [0.5, 0.6) is 0 Å². The fourth-order valence-corrected chi connectivity index (χ4v) is 1.40. The quantitative estimate of drug-likeness (QED) is 0.741. The van der Waals surface area contributed by atoms with E-state index in [-0.39, 0.29) is 5.41 Å². The predicted molar refractivity (Wildman–Crippen MR) is 54.9 cm³/mol. The minimum absolute atomic E-state index is 0.191. The fourth-order valence-electron chi connectivity index (χ4n) is 1.40. The molecule has 13 heavy (non-hydrogen) atoms. The van der Waals surface area contributed by atoms with Crippen LogP contribution in [0.1, 0.15) is 32.0 Å². The van der Waals surface area contributed by atoms with Gasteiger partial charge in [-0.25, -0.2) is 0 Å². The maximum absolute atomic E-state index is 4.09. The molecule has 0 spiro atoms. The van der Waals surface area contributed by atoms with E-state index in [0.717, 1.165) is 13.0 Å². The highest BCUT2D eigenvalue weighted by molar-refractivity contribution is 5.24. The second-order valence-electron chi connectivity index (χ2n) is 4.37. The van der Waals surface area contributed by atoms with Gasteiger partial charge in [-0.2, -0.15) is 5.10 Å². The van der Waals surface area contributed by atoms with E-state index in [1.165, 1.54) is 11.3 Å². The molecular weight excluding hydrogens is 162 g/mol. The normalized spacial score (nSPS) is 12.0. The van der Waals surface area contributed by atoms with Crippen molar-refractivity contribution >= 4 is 0 Å². The van der Waals surface area contributed by atoms with Crippen LogP contribution < -0.4 is 5.32 Å². The topological polar surface area (TPSA) is 40.7 Å². The number of hydrogen-bond donors (Lipinski definition) is 2. The van der Waals surface area contributed by atoms with Crippen LogP contribution >= 0.6 is 0 Å². The van der Waals surface area contributed by atoms with Gasteiger partial charge in [-0.3, -0.25) is 5.10 Å². The van der Waals surface area contributed by atoms with E-state index in [1.54, 1.807) is 0 Å². The van der Waals surface area contributed by atoms with Gasteiger partial charge in [-0.15, -0.1) is 0 Å². The van der Waals surface area contributed by atoms with Gasteiger partial charge in [-0.05, 0) is 18.0 Å². The molecule has 0 unspecified atom stereocenters. The summed E-state index contributed by atoms with van der Waals surface area (Å²) in [7, 11) is 1.97. The van der Waals surface area contributed by atoms with E-state index >= 15 is 0 Å². The predicted octanol–water partition coefficient (Wildman–Crippen LogP) is 1.47. The first kappa shape index (κ1) is 10.3. The molecule has 0 fully saturated rings. The third-order valence-electron chi connectivity index (χ3n) is 2.15. The van der Waals surface area contributed by atoms with Gasteiger partial charge >= 0.3 is 0 Å². The Morgan fingerprint density at radius 3 is 2.69 bits per heavy atom. The van der Waals surface area contributed by atoms with Crippen LogP contribution in [0.2, 0.25) is 0 Å². The molecule has 1 aromatic heterocycles. The molecule has 3 nitrogen and oxygen atoms in total. The van der Waals surface area contributed by atoms with Crippen LogP contribution in [0.3, 0.4) is 0 Å². The Morgan fingerprint density at radius 2 is 2.15 bits per heavy atom. The molecular formula is C10H19N3. The Morgan fingerprint density at radius 1 is 1.46 bits per heavy atom. The van der Waals surface area contributed by atoms with E-state index in [9.17, 15) is 0 Å². The van der Waals surface area contributed by atoms with Gasteiger partial charge in [0, 0.05) is 18.7 Å². The molecule has 0 aliphatic heterocycles. The first-order valence-electron chi connectivity index (χ1n) is 4.73. The lowest BCUT2D eigenvalue weighted by molar-refractivity contribution is 0.580. The molecule has 0 saturated heterocycles. The fraction of sp³-hybridized carbons (Fsp3) is 0.700. The zero-order valence-corrected chi connectivity index (χ0v) is 8.94. The summed E-state index contributed by atoms with van der Waals surface area (Å²) in [6.45, 7) is 7.62. The van der Waals surface area contributed by atoms with Crippen molar-refractivity contribution in [1.29, 1.82) is 0 Å². The van der Waals surface area contributed by atoms with Crippen LogP contribution in [-0.2, 0) is 11.8 Å². The summed E-state index contributed by atoms with van der Waals surface area (Å²) >= 11 is 0. The summed E-state index contributed by atoms with van der Waals surface area (Å²) in [6.07, 6.45) is 2.95. The highest BCUT2D eigenvalue weighted by Crippen LogP contribution is 2.24. The van der Waals surface area contributed by atoms with Crippen molar-refractivity contribution in [2.24, 2.45) is 0 Å². The SMILES string of the molecule is CNCCc1[nH]ncc1C(C)(C)C. The van der Waals surface area contributed by atoms with Gasteiger partial charge in [0.2, 0.25) is 0 Å². The van der Waals surface area contributed by atoms with Gasteiger partial charge in [0.05, 0.1) is 6.20 Å². The van der Waals surface area contributed by atoms with E-state index in [0.29, 0.717) is 0 Å². The molecule has 1 aromatic rings. The van der Waals surface area contributed by atoms with Crippen molar-refractivity contribution in [2.45, 2.75) is 32.6 Å². The molecule has 3 heteroatoms. The lowest BCUT2D eigenvalue weighted by atomic mass is 9.87. The van der Waals surface area contributed by atoms with Crippen LogP contribution in [0.15, 0.2) is 6.20 Å². The van der Waals surface area contributed by atoms with Gasteiger partial charge < -0.3 is 5.32 Å². The van der Waals surface area contributed by atoms with Gasteiger partial charge in [0.15, 0.2) is 0 Å². The molecule has 0 bridgehead atoms.